The molecule has 246 valence electrons. The van der Waals surface area contributed by atoms with E-state index in [4.69, 9.17) is 35.5 Å². The number of carbonyl (C=O) groups is 1. The van der Waals surface area contributed by atoms with Crippen LogP contribution in [0.25, 0.3) is 32.8 Å². The van der Waals surface area contributed by atoms with Gasteiger partial charge in [-0.05, 0) is 75.8 Å². The van der Waals surface area contributed by atoms with Gasteiger partial charge < -0.3 is 33.6 Å². The van der Waals surface area contributed by atoms with E-state index in [1.54, 1.807) is 17.0 Å². The van der Waals surface area contributed by atoms with Gasteiger partial charge >= 0.3 is 12.1 Å². The summed E-state index contributed by atoms with van der Waals surface area (Å²) in [4.78, 5) is 27.7. The Hall–Kier alpha value is -3.93. The van der Waals surface area contributed by atoms with Crippen LogP contribution < -0.4 is 14.4 Å². The molecule has 0 unspecified atom stereocenters. The number of hydrogen-bond acceptors (Lipinski definition) is 9. The Morgan fingerprint density at radius 1 is 1.02 bits per heavy atom. The maximum atomic E-state index is 16.9. The van der Waals surface area contributed by atoms with E-state index in [-0.39, 0.29) is 35.0 Å². The van der Waals surface area contributed by atoms with E-state index in [0.717, 1.165) is 23.7 Å². The summed E-state index contributed by atoms with van der Waals surface area (Å²) >= 11 is 6.92. The maximum absolute atomic E-state index is 16.9. The van der Waals surface area contributed by atoms with Gasteiger partial charge in [-0.1, -0.05) is 35.9 Å². The number of anilines is 1. The van der Waals surface area contributed by atoms with Crippen LogP contribution in [-0.4, -0.2) is 98.8 Å². The van der Waals surface area contributed by atoms with E-state index in [9.17, 15) is 4.79 Å². The molecule has 0 bridgehead atoms. The summed E-state index contributed by atoms with van der Waals surface area (Å²) in [5.41, 5.74) is 0.260. The molecule has 12 heteroatoms. The summed E-state index contributed by atoms with van der Waals surface area (Å²) in [5.74, 6) is 0.416. The third-order valence-corrected chi connectivity index (χ3v) is 7.80. The zero-order valence-electron chi connectivity index (χ0n) is 27.2. The van der Waals surface area contributed by atoms with Crippen LogP contribution in [0.5, 0.6) is 11.8 Å². The van der Waals surface area contributed by atoms with Crippen LogP contribution in [0, 0.1) is 5.82 Å². The molecule has 1 aromatic heterocycles. The standard InChI is InChI=1S/C34H41ClFN5O5/c1-34(2,3)46-33(42)41-15-13-40(14-16-41)31-26-20-27(35)28(29(36)30(26)37-32(38-31)44-17-9-12-39(4)5)25-19-23(45-21-43-6)18-22-10-7-8-11-24(22)25/h7-8,10-11,18-20H,9,12-17,21H2,1-6H3. The van der Waals surface area contributed by atoms with Crippen molar-refractivity contribution >= 4 is 45.2 Å². The molecule has 10 nitrogen and oxygen atoms in total. The third kappa shape index (κ3) is 7.71. The fourth-order valence-electron chi connectivity index (χ4n) is 5.38. The zero-order chi connectivity index (χ0) is 33.0. The number of aromatic nitrogens is 2. The van der Waals surface area contributed by atoms with Crippen molar-refractivity contribution in [1.82, 2.24) is 19.8 Å². The van der Waals surface area contributed by atoms with Gasteiger partial charge in [0.1, 0.15) is 22.7 Å². The van der Waals surface area contributed by atoms with Crippen molar-refractivity contribution < 1.29 is 28.1 Å². The first kappa shape index (κ1) is 33.4. The molecule has 3 aromatic carbocycles. The summed E-state index contributed by atoms with van der Waals surface area (Å²) in [6.45, 7) is 8.47. The molecule has 0 saturated carbocycles. The number of halogens is 2. The Morgan fingerprint density at radius 2 is 1.76 bits per heavy atom. The van der Waals surface area contributed by atoms with Crippen LogP contribution in [0.3, 0.4) is 0 Å². The van der Waals surface area contributed by atoms with Gasteiger partial charge in [0.25, 0.3) is 0 Å². The summed E-state index contributed by atoms with van der Waals surface area (Å²) in [6.07, 6.45) is 0.375. The molecule has 0 atom stereocenters. The molecule has 1 saturated heterocycles. The van der Waals surface area contributed by atoms with Crippen LogP contribution in [-0.2, 0) is 9.47 Å². The SMILES string of the molecule is COCOc1cc(-c2c(Cl)cc3c(N4CCN(C(=O)OC(C)(C)C)CC4)nc(OCCCN(C)C)nc3c2F)c2ccccc2c1. The number of piperazine rings is 1. The second-order valence-corrected chi connectivity index (χ2v) is 12.9. The minimum Gasteiger partial charge on any atom is -0.468 e. The molecule has 2 heterocycles. The molecular weight excluding hydrogens is 613 g/mol. The number of hydrogen-bond donors (Lipinski definition) is 0. The van der Waals surface area contributed by atoms with Gasteiger partial charge in [-0.15, -0.1) is 0 Å². The average molecular weight is 654 g/mol. The van der Waals surface area contributed by atoms with Crippen molar-refractivity contribution in [2.45, 2.75) is 32.8 Å². The molecule has 1 fully saturated rings. The van der Waals surface area contributed by atoms with Gasteiger partial charge in [-0.25, -0.2) is 9.18 Å². The van der Waals surface area contributed by atoms with Crippen LogP contribution in [0.2, 0.25) is 5.02 Å². The van der Waals surface area contributed by atoms with E-state index >= 15 is 4.39 Å². The Labute approximate surface area is 273 Å². The molecule has 0 spiro atoms. The van der Waals surface area contributed by atoms with Crippen LogP contribution in [0.1, 0.15) is 27.2 Å². The first-order valence-electron chi connectivity index (χ1n) is 15.3. The van der Waals surface area contributed by atoms with E-state index in [0.29, 0.717) is 55.3 Å². The molecule has 0 radical (unpaired) electrons. The van der Waals surface area contributed by atoms with Crippen LogP contribution in [0.4, 0.5) is 15.0 Å². The number of benzene rings is 3. The zero-order valence-corrected chi connectivity index (χ0v) is 28.0. The number of amides is 1. The molecule has 46 heavy (non-hydrogen) atoms. The number of methoxy groups -OCH3 is 1. The van der Waals surface area contributed by atoms with E-state index < -0.39 is 11.4 Å². The van der Waals surface area contributed by atoms with Crippen LogP contribution >= 0.6 is 11.6 Å². The largest absolute Gasteiger partial charge is 0.468 e. The van der Waals surface area contributed by atoms with Gasteiger partial charge in [0.15, 0.2) is 12.6 Å². The first-order chi connectivity index (χ1) is 21.9. The summed E-state index contributed by atoms with van der Waals surface area (Å²) in [7, 11) is 5.51. The summed E-state index contributed by atoms with van der Waals surface area (Å²) in [5, 5.41) is 2.32. The fraction of sp³-hybridized carbons (Fsp3) is 0.441. The minimum absolute atomic E-state index is 0.0397. The third-order valence-electron chi connectivity index (χ3n) is 7.50. The number of nitrogens with zero attached hydrogens (tertiary/aromatic N) is 5. The molecular formula is C34H41ClFN5O5. The van der Waals surface area contributed by atoms with Crippen molar-refractivity contribution in [1.29, 1.82) is 0 Å². The molecule has 5 rings (SSSR count). The first-order valence-corrected chi connectivity index (χ1v) is 15.7. The van der Waals surface area contributed by atoms with Gasteiger partial charge in [-0.2, -0.15) is 9.97 Å². The highest BCUT2D eigenvalue weighted by atomic mass is 35.5. The van der Waals surface area contributed by atoms with Gasteiger partial charge in [0.2, 0.25) is 0 Å². The number of rotatable bonds is 10. The number of fused-ring (bicyclic) bond motifs is 2. The van der Waals surface area contributed by atoms with Crippen molar-refractivity contribution in [3.05, 3.63) is 53.3 Å². The quantitative estimate of drug-likeness (QED) is 0.139. The van der Waals surface area contributed by atoms with Gasteiger partial charge in [0, 0.05) is 50.8 Å². The normalized spacial score (nSPS) is 13.9. The smallest absolute Gasteiger partial charge is 0.410 e. The molecule has 4 aromatic rings. The summed E-state index contributed by atoms with van der Waals surface area (Å²) < 4.78 is 39.3. The molecule has 1 aliphatic heterocycles. The van der Waals surface area contributed by atoms with Gasteiger partial charge in [-0.3, -0.25) is 0 Å². The lowest BCUT2D eigenvalue weighted by molar-refractivity contribution is 0.0240. The molecule has 1 amide bonds. The molecule has 0 aliphatic carbocycles. The van der Waals surface area contributed by atoms with Crippen molar-refractivity contribution in [2.75, 3.05) is 72.2 Å². The summed E-state index contributed by atoms with van der Waals surface area (Å²) in [6, 6.07) is 13.1. The lowest BCUT2D eigenvalue weighted by atomic mass is 9.96. The van der Waals surface area contributed by atoms with Crippen molar-refractivity contribution in [3.63, 3.8) is 0 Å². The number of carbonyl (C=O) groups excluding carboxylic acids is 1. The van der Waals surface area contributed by atoms with E-state index in [1.165, 1.54) is 7.11 Å². The highest BCUT2D eigenvalue weighted by Gasteiger charge is 2.29. The monoisotopic (exact) mass is 653 g/mol. The Kier molecular flexibility index (Phi) is 10.3. The van der Waals surface area contributed by atoms with E-state index in [2.05, 4.69) is 9.88 Å². The lowest BCUT2D eigenvalue weighted by Gasteiger charge is -2.36. The van der Waals surface area contributed by atoms with Crippen molar-refractivity contribution in [2.24, 2.45) is 0 Å². The molecule has 1 aliphatic rings. The second-order valence-electron chi connectivity index (χ2n) is 12.5. The second kappa shape index (κ2) is 14.2. The van der Waals surface area contributed by atoms with Crippen LogP contribution in [0.15, 0.2) is 42.5 Å². The predicted octanol–water partition coefficient (Wildman–Crippen LogP) is 6.61. The van der Waals surface area contributed by atoms with Crippen molar-refractivity contribution in [3.8, 4) is 22.9 Å². The Morgan fingerprint density at radius 3 is 2.46 bits per heavy atom. The van der Waals surface area contributed by atoms with Gasteiger partial charge in [0.05, 0.1) is 11.6 Å². The number of ether oxygens (including phenoxy) is 4. The topological polar surface area (TPSA) is 89.5 Å². The highest BCUT2D eigenvalue weighted by Crippen LogP contribution is 2.42. The fourth-order valence-corrected chi connectivity index (χ4v) is 5.68. The average Bonchev–Trinajstić information content (AvgIpc) is 3.01. The Balaban J connectivity index is 1.58. The van der Waals surface area contributed by atoms with E-state index in [1.807, 2.05) is 70.1 Å². The predicted molar refractivity (Wildman–Crippen MR) is 179 cm³/mol. The highest BCUT2D eigenvalue weighted by molar-refractivity contribution is 6.35. The lowest BCUT2D eigenvalue weighted by Crippen LogP contribution is -2.50. The minimum atomic E-state index is -0.595. The Bertz CT molecular complexity index is 1710. The maximum Gasteiger partial charge on any atom is 0.410 e. The molecule has 0 N–H and O–H groups in total.